The third-order valence-corrected chi connectivity index (χ3v) is 2.94. The second kappa shape index (κ2) is 5.40. The minimum absolute atomic E-state index is 0.0628. The normalized spacial score (nSPS) is 25.9. The van der Waals surface area contributed by atoms with Crippen LogP contribution in [-0.2, 0) is 4.74 Å². The maximum atomic E-state index is 11.8. The highest BCUT2D eigenvalue weighted by molar-refractivity contribution is 5.48. The molecule has 0 amide bonds. The molecule has 1 saturated heterocycles. The Bertz CT molecular complexity index is 587. The first-order valence-electron chi connectivity index (χ1n) is 5.82. The molecule has 19 heavy (non-hydrogen) atoms. The number of ether oxygens (including phenoxy) is 1. The van der Waals surface area contributed by atoms with Crippen molar-refractivity contribution in [2.24, 2.45) is 0 Å². The number of rotatable bonds is 2. The summed E-state index contributed by atoms with van der Waals surface area (Å²) in [5.74, 6) is 5.48. The van der Waals surface area contributed by atoms with Crippen molar-refractivity contribution in [3.05, 3.63) is 22.2 Å². The van der Waals surface area contributed by atoms with Crippen molar-refractivity contribution in [3.63, 3.8) is 0 Å². The van der Waals surface area contributed by atoms with Crippen molar-refractivity contribution < 1.29 is 14.9 Å². The van der Waals surface area contributed by atoms with E-state index in [9.17, 15) is 9.90 Å². The zero-order chi connectivity index (χ0) is 14.0. The molecular formula is C12H15N3O4. The van der Waals surface area contributed by atoms with Gasteiger partial charge in [0.2, 0.25) is 0 Å². The topological polar surface area (TPSA) is 111 Å². The van der Waals surface area contributed by atoms with Crippen molar-refractivity contribution in [3.8, 4) is 11.8 Å². The number of aliphatic hydroxyl groups excluding tert-OH is 2. The summed E-state index contributed by atoms with van der Waals surface area (Å²) in [4.78, 5) is 15.5. The van der Waals surface area contributed by atoms with E-state index in [1.165, 1.54) is 10.8 Å². The summed E-state index contributed by atoms with van der Waals surface area (Å²) >= 11 is 0. The average Bonchev–Trinajstić information content (AvgIpc) is 2.74. The van der Waals surface area contributed by atoms with Gasteiger partial charge in [0.05, 0.1) is 18.3 Å². The SMILES string of the molecule is CC#Cc1cn([C@@H]2C[C@H](O)[C@@H](CO)O2)c(=O)nc1N. The van der Waals surface area contributed by atoms with E-state index < -0.39 is 24.1 Å². The number of aromatic nitrogens is 2. The maximum Gasteiger partial charge on any atom is 0.351 e. The van der Waals surface area contributed by atoms with E-state index in [1.54, 1.807) is 6.92 Å². The van der Waals surface area contributed by atoms with E-state index >= 15 is 0 Å². The van der Waals surface area contributed by atoms with Crippen LogP contribution >= 0.6 is 0 Å². The first kappa shape index (κ1) is 13.5. The zero-order valence-electron chi connectivity index (χ0n) is 10.4. The molecule has 0 aromatic carbocycles. The number of aliphatic hydroxyl groups is 2. The van der Waals surface area contributed by atoms with Crippen molar-refractivity contribution in [2.45, 2.75) is 31.8 Å². The molecule has 7 nitrogen and oxygen atoms in total. The Morgan fingerprint density at radius 3 is 3.00 bits per heavy atom. The first-order valence-corrected chi connectivity index (χ1v) is 5.82. The smallest absolute Gasteiger partial charge is 0.351 e. The Morgan fingerprint density at radius 1 is 1.68 bits per heavy atom. The second-order valence-electron chi connectivity index (χ2n) is 4.22. The summed E-state index contributed by atoms with van der Waals surface area (Å²) in [6, 6.07) is 0. The fourth-order valence-electron chi connectivity index (χ4n) is 1.97. The molecule has 0 spiro atoms. The third kappa shape index (κ3) is 2.61. The van der Waals surface area contributed by atoms with Crippen molar-refractivity contribution in [1.82, 2.24) is 9.55 Å². The fraction of sp³-hybridized carbons (Fsp3) is 0.500. The van der Waals surface area contributed by atoms with Crippen LogP contribution in [0, 0.1) is 11.8 Å². The monoisotopic (exact) mass is 265 g/mol. The van der Waals surface area contributed by atoms with Gasteiger partial charge in [-0.3, -0.25) is 4.57 Å². The Hall–Kier alpha value is -1.88. The fourth-order valence-corrected chi connectivity index (χ4v) is 1.97. The summed E-state index contributed by atoms with van der Waals surface area (Å²) in [5, 5.41) is 18.7. The Labute approximate surface area is 109 Å². The van der Waals surface area contributed by atoms with Gasteiger partial charge in [0.1, 0.15) is 18.1 Å². The summed E-state index contributed by atoms with van der Waals surface area (Å²) in [6.45, 7) is 1.34. The second-order valence-corrected chi connectivity index (χ2v) is 4.22. The van der Waals surface area contributed by atoms with Gasteiger partial charge in [-0.2, -0.15) is 4.98 Å². The molecule has 1 aromatic rings. The van der Waals surface area contributed by atoms with Crippen LogP contribution in [0.15, 0.2) is 11.0 Å². The minimum Gasteiger partial charge on any atom is -0.394 e. The van der Waals surface area contributed by atoms with Gasteiger partial charge in [0, 0.05) is 12.6 Å². The third-order valence-electron chi connectivity index (χ3n) is 2.94. The molecule has 4 N–H and O–H groups in total. The molecule has 102 valence electrons. The molecule has 0 bridgehead atoms. The molecule has 7 heteroatoms. The number of nitrogens with two attached hydrogens (primary N) is 1. The van der Waals surface area contributed by atoms with Crippen LogP contribution in [0.1, 0.15) is 25.1 Å². The molecule has 1 fully saturated rings. The van der Waals surface area contributed by atoms with Crippen LogP contribution in [0.25, 0.3) is 0 Å². The van der Waals surface area contributed by atoms with E-state index in [1.807, 2.05) is 0 Å². The molecule has 0 saturated carbocycles. The largest absolute Gasteiger partial charge is 0.394 e. The number of hydrogen-bond donors (Lipinski definition) is 3. The molecule has 1 aliphatic heterocycles. The number of anilines is 1. The van der Waals surface area contributed by atoms with Crippen LogP contribution < -0.4 is 11.4 Å². The zero-order valence-corrected chi connectivity index (χ0v) is 10.4. The van der Waals surface area contributed by atoms with Crippen LogP contribution in [0.5, 0.6) is 0 Å². The number of nitrogen functional groups attached to an aromatic ring is 1. The van der Waals surface area contributed by atoms with Gasteiger partial charge in [-0.05, 0) is 6.92 Å². The van der Waals surface area contributed by atoms with Gasteiger partial charge in [0.15, 0.2) is 0 Å². The quantitative estimate of drug-likeness (QED) is 0.582. The van der Waals surface area contributed by atoms with Gasteiger partial charge < -0.3 is 20.7 Å². The molecule has 0 radical (unpaired) electrons. The lowest BCUT2D eigenvalue weighted by atomic mass is 10.2. The van der Waals surface area contributed by atoms with Crippen molar-refractivity contribution in [2.75, 3.05) is 12.3 Å². The lowest BCUT2D eigenvalue weighted by molar-refractivity contribution is -0.0458. The lowest BCUT2D eigenvalue weighted by Gasteiger charge is -2.14. The highest BCUT2D eigenvalue weighted by Gasteiger charge is 2.35. The minimum atomic E-state index is -0.819. The van der Waals surface area contributed by atoms with Gasteiger partial charge in [-0.25, -0.2) is 4.79 Å². The van der Waals surface area contributed by atoms with Crippen LogP contribution in [0.4, 0.5) is 5.82 Å². The van der Waals surface area contributed by atoms with Crippen molar-refractivity contribution in [1.29, 1.82) is 0 Å². The highest BCUT2D eigenvalue weighted by Crippen LogP contribution is 2.27. The van der Waals surface area contributed by atoms with Crippen molar-refractivity contribution >= 4 is 5.82 Å². The highest BCUT2D eigenvalue weighted by atomic mass is 16.5. The summed E-state index contributed by atoms with van der Waals surface area (Å²) in [5.41, 5.74) is 5.45. The number of nitrogens with zero attached hydrogens (tertiary/aromatic N) is 2. The molecule has 1 aromatic heterocycles. The van der Waals surface area contributed by atoms with E-state index in [0.29, 0.717) is 5.56 Å². The number of hydrogen-bond acceptors (Lipinski definition) is 6. The Balaban J connectivity index is 2.37. The first-order chi connectivity index (χ1) is 9.06. The van der Waals surface area contributed by atoms with Gasteiger partial charge >= 0.3 is 5.69 Å². The van der Waals surface area contributed by atoms with Crippen LogP contribution in [0.3, 0.4) is 0 Å². The Morgan fingerprint density at radius 2 is 2.42 bits per heavy atom. The van der Waals surface area contributed by atoms with Crippen LogP contribution in [-0.4, -0.2) is 38.6 Å². The maximum absolute atomic E-state index is 11.8. The molecule has 3 atom stereocenters. The van der Waals surface area contributed by atoms with Gasteiger partial charge in [-0.15, -0.1) is 5.92 Å². The lowest BCUT2D eigenvalue weighted by Crippen LogP contribution is -2.28. The standard InChI is InChI=1S/C12H15N3O4/c1-2-3-7-5-15(12(18)14-11(7)13)10-4-8(17)9(6-16)19-10/h5,8-10,16-17H,4,6H2,1H3,(H2,13,14,18)/t8-,9+,10-/m0/s1. The average molecular weight is 265 g/mol. The molecule has 0 aliphatic carbocycles. The summed E-state index contributed by atoms with van der Waals surface area (Å²) < 4.78 is 6.63. The Kier molecular flexibility index (Phi) is 3.85. The molecule has 2 rings (SSSR count). The summed E-state index contributed by atoms with van der Waals surface area (Å²) in [6.07, 6.45) is -0.533. The van der Waals surface area contributed by atoms with E-state index in [0.717, 1.165) is 0 Å². The predicted molar refractivity (Wildman–Crippen MR) is 67.1 cm³/mol. The summed E-state index contributed by atoms with van der Waals surface area (Å²) in [7, 11) is 0. The van der Waals surface area contributed by atoms with E-state index in [-0.39, 0.29) is 18.8 Å². The van der Waals surface area contributed by atoms with Gasteiger partial charge in [0.25, 0.3) is 0 Å². The predicted octanol–water partition coefficient (Wildman–Crippen LogP) is -1.16. The van der Waals surface area contributed by atoms with Crippen LogP contribution in [0.2, 0.25) is 0 Å². The molecular weight excluding hydrogens is 250 g/mol. The molecule has 2 heterocycles. The molecule has 0 unspecified atom stereocenters. The van der Waals surface area contributed by atoms with E-state index in [2.05, 4.69) is 16.8 Å². The molecule has 1 aliphatic rings. The van der Waals surface area contributed by atoms with E-state index in [4.69, 9.17) is 15.6 Å². The van der Waals surface area contributed by atoms with Gasteiger partial charge in [-0.1, -0.05) is 5.92 Å².